The fraction of sp³-hybridized carbons (Fsp3) is 0.0909. The largest absolute Gasteiger partial charge is 0.493 e. The zero-order chi connectivity index (χ0) is 19.9. The fourth-order valence-corrected chi connectivity index (χ4v) is 3.01. The van der Waals surface area contributed by atoms with E-state index in [1.165, 1.54) is 6.08 Å². The van der Waals surface area contributed by atoms with Crippen LogP contribution in [0.3, 0.4) is 0 Å². The molecule has 0 fully saturated rings. The van der Waals surface area contributed by atoms with Crippen molar-refractivity contribution in [2.24, 2.45) is 0 Å². The number of ether oxygens (including phenoxy) is 2. The summed E-state index contributed by atoms with van der Waals surface area (Å²) in [5.41, 5.74) is 1.65. The molecule has 0 aliphatic heterocycles. The number of methoxy groups -OCH3 is 2. The highest BCUT2D eigenvalue weighted by atomic mass is 32.1. The van der Waals surface area contributed by atoms with Crippen molar-refractivity contribution in [2.75, 3.05) is 19.5 Å². The van der Waals surface area contributed by atoms with Crippen molar-refractivity contribution < 1.29 is 14.3 Å². The minimum atomic E-state index is -0.314. The molecule has 0 atom stereocenters. The molecule has 0 saturated carbocycles. The molecule has 0 saturated heterocycles. The van der Waals surface area contributed by atoms with Gasteiger partial charge >= 0.3 is 0 Å². The van der Waals surface area contributed by atoms with Crippen LogP contribution in [0.1, 0.15) is 5.56 Å². The number of anilines is 1. The van der Waals surface area contributed by atoms with Crippen LogP contribution < -0.4 is 20.1 Å². The van der Waals surface area contributed by atoms with Gasteiger partial charge in [0.15, 0.2) is 16.6 Å². The molecule has 5 nitrogen and oxygen atoms in total. The van der Waals surface area contributed by atoms with E-state index in [1.807, 2.05) is 42.5 Å². The summed E-state index contributed by atoms with van der Waals surface area (Å²) < 4.78 is 10.5. The van der Waals surface area contributed by atoms with E-state index < -0.39 is 0 Å². The van der Waals surface area contributed by atoms with Crippen LogP contribution >= 0.6 is 12.2 Å². The Morgan fingerprint density at radius 1 is 0.964 bits per heavy atom. The Kier molecular flexibility index (Phi) is 6.24. The molecular weight excluding hydrogens is 372 g/mol. The topological polar surface area (TPSA) is 59.6 Å². The van der Waals surface area contributed by atoms with Crippen LogP contribution in [0.5, 0.6) is 11.5 Å². The van der Waals surface area contributed by atoms with Crippen molar-refractivity contribution in [1.82, 2.24) is 5.32 Å². The number of hydrogen-bond donors (Lipinski definition) is 2. The maximum atomic E-state index is 12.2. The second-order valence-corrected chi connectivity index (χ2v) is 6.32. The minimum absolute atomic E-state index is 0.194. The van der Waals surface area contributed by atoms with E-state index in [0.29, 0.717) is 17.2 Å². The lowest BCUT2D eigenvalue weighted by molar-refractivity contribution is -0.115. The fourth-order valence-electron chi connectivity index (χ4n) is 2.79. The van der Waals surface area contributed by atoms with Crippen LogP contribution in [0.4, 0.5) is 5.69 Å². The molecule has 3 aromatic carbocycles. The number of fused-ring (bicyclic) bond motifs is 1. The smallest absolute Gasteiger partial charge is 0.250 e. The zero-order valence-electron chi connectivity index (χ0n) is 15.6. The number of carbonyl (C=O) groups excluding carboxylic acids is 1. The number of thiocarbonyl (C=S) groups is 1. The Hall–Kier alpha value is -3.38. The molecule has 0 unspecified atom stereocenters. The predicted molar refractivity (Wildman–Crippen MR) is 117 cm³/mol. The molecule has 3 rings (SSSR count). The monoisotopic (exact) mass is 392 g/mol. The van der Waals surface area contributed by atoms with Gasteiger partial charge in [-0.15, -0.1) is 0 Å². The van der Waals surface area contributed by atoms with Crippen LogP contribution in [0.2, 0.25) is 0 Å². The minimum Gasteiger partial charge on any atom is -0.493 e. The molecular formula is C22H20N2O3S. The molecule has 6 heteroatoms. The maximum absolute atomic E-state index is 12.2. The van der Waals surface area contributed by atoms with Gasteiger partial charge in [-0.2, -0.15) is 0 Å². The van der Waals surface area contributed by atoms with E-state index in [1.54, 1.807) is 38.5 Å². The number of nitrogens with one attached hydrogen (secondary N) is 2. The Morgan fingerprint density at radius 3 is 2.50 bits per heavy atom. The van der Waals surface area contributed by atoms with Gasteiger partial charge in [0.05, 0.1) is 14.2 Å². The highest BCUT2D eigenvalue weighted by molar-refractivity contribution is 7.80. The molecule has 0 spiro atoms. The molecule has 0 bridgehead atoms. The Balaban J connectivity index is 1.64. The van der Waals surface area contributed by atoms with Crippen molar-refractivity contribution in [3.8, 4) is 11.5 Å². The van der Waals surface area contributed by atoms with Crippen molar-refractivity contribution >= 4 is 45.8 Å². The summed E-state index contributed by atoms with van der Waals surface area (Å²) in [6, 6.07) is 19.3. The van der Waals surface area contributed by atoms with Crippen molar-refractivity contribution in [2.45, 2.75) is 0 Å². The molecule has 0 aliphatic carbocycles. The van der Waals surface area contributed by atoms with Gasteiger partial charge in [-0.3, -0.25) is 10.1 Å². The molecule has 2 N–H and O–H groups in total. The number of carbonyl (C=O) groups is 1. The quantitative estimate of drug-likeness (QED) is 0.498. The van der Waals surface area contributed by atoms with Gasteiger partial charge in [0.1, 0.15) is 0 Å². The summed E-state index contributed by atoms with van der Waals surface area (Å²) in [5.74, 6) is 0.865. The molecule has 0 aliphatic rings. The van der Waals surface area contributed by atoms with Gasteiger partial charge < -0.3 is 14.8 Å². The number of hydrogen-bond acceptors (Lipinski definition) is 4. The Labute approximate surface area is 169 Å². The molecule has 0 aromatic heterocycles. The van der Waals surface area contributed by atoms with Gasteiger partial charge in [0.25, 0.3) is 0 Å². The van der Waals surface area contributed by atoms with Crippen LogP contribution in [0.25, 0.3) is 16.8 Å². The Morgan fingerprint density at radius 2 is 1.71 bits per heavy atom. The third-order valence-electron chi connectivity index (χ3n) is 4.12. The summed E-state index contributed by atoms with van der Waals surface area (Å²) in [7, 11) is 3.12. The molecule has 1 amide bonds. The first-order valence-electron chi connectivity index (χ1n) is 8.60. The predicted octanol–water partition coefficient (Wildman–Crippen LogP) is 4.38. The summed E-state index contributed by atoms with van der Waals surface area (Å²) in [4.78, 5) is 12.2. The summed E-state index contributed by atoms with van der Waals surface area (Å²) >= 11 is 5.21. The SMILES string of the molecule is COc1ccc(NC(=S)NC(=O)/C=C/c2cccc3ccccc23)cc1OC. The summed E-state index contributed by atoms with van der Waals surface area (Å²) in [6.07, 6.45) is 3.24. The first-order chi connectivity index (χ1) is 13.6. The van der Waals surface area contributed by atoms with Crippen LogP contribution in [-0.4, -0.2) is 25.2 Å². The molecule has 0 heterocycles. The molecule has 142 valence electrons. The van der Waals surface area contributed by atoms with E-state index in [-0.39, 0.29) is 11.0 Å². The third kappa shape index (κ3) is 4.66. The molecule has 0 radical (unpaired) electrons. The Bertz CT molecular complexity index is 1040. The van der Waals surface area contributed by atoms with Crippen LogP contribution in [-0.2, 0) is 4.79 Å². The van der Waals surface area contributed by atoms with Crippen molar-refractivity contribution in [1.29, 1.82) is 0 Å². The average Bonchev–Trinajstić information content (AvgIpc) is 2.72. The standard InChI is InChI=1S/C22H20N2O3S/c1-26-19-12-11-17(14-20(19)27-2)23-22(28)24-21(25)13-10-16-8-5-7-15-6-3-4-9-18(15)16/h3-14H,1-2H3,(H2,23,24,25,28)/b13-10+. The number of rotatable bonds is 5. The first-order valence-corrected chi connectivity index (χ1v) is 9.01. The lowest BCUT2D eigenvalue weighted by Gasteiger charge is -2.12. The van der Waals surface area contributed by atoms with Crippen LogP contribution in [0.15, 0.2) is 66.7 Å². The van der Waals surface area contributed by atoms with E-state index >= 15 is 0 Å². The van der Waals surface area contributed by atoms with Gasteiger partial charge in [0.2, 0.25) is 5.91 Å². The highest BCUT2D eigenvalue weighted by Gasteiger charge is 2.07. The summed E-state index contributed by atoms with van der Waals surface area (Å²) in [6.45, 7) is 0. The summed E-state index contributed by atoms with van der Waals surface area (Å²) in [5, 5.41) is 7.99. The van der Waals surface area contributed by atoms with Crippen molar-refractivity contribution in [3.05, 3.63) is 72.3 Å². The van der Waals surface area contributed by atoms with E-state index in [4.69, 9.17) is 21.7 Å². The van der Waals surface area contributed by atoms with Gasteiger partial charge in [0, 0.05) is 17.8 Å². The van der Waals surface area contributed by atoms with Gasteiger partial charge in [-0.25, -0.2) is 0 Å². The number of benzene rings is 3. The maximum Gasteiger partial charge on any atom is 0.250 e. The normalized spacial score (nSPS) is 10.6. The highest BCUT2D eigenvalue weighted by Crippen LogP contribution is 2.29. The van der Waals surface area contributed by atoms with E-state index in [0.717, 1.165) is 16.3 Å². The number of amides is 1. The second kappa shape index (κ2) is 9.01. The zero-order valence-corrected chi connectivity index (χ0v) is 16.4. The lowest BCUT2D eigenvalue weighted by Crippen LogP contribution is -2.32. The third-order valence-corrected chi connectivity index (χ3v) is 4.32. The molecule has 3 aromatic rings. The van der Waals surface area contributed by atoms with E-state index in [2.05, 4.69) is 10.6 Å². The average molecular weight is 392 g/mol. The van der Waals surface area contributed by atoms with Gasteiger partial charge in [-0.05, 0) is 46.8 Å². The first kappa shape index (κ1) is 19.4. The molecule has 28 heavy (non-hydrogen) atoms. The van der Waals surface area contributed by atoms with E-state index in [9.17, 15) is 4.79 Å². The lowest BCUT2D eigenvalue weighted by atomic mass is 10.0. The van der Waals surface area contributed by atoms with Crippen LogP contribution in [0, 0.1) is 0 Å². The van der Waals surface area contributed by atoms with Crippen molar-refractivity contribution in [3.63, 3.8) is 0 Å². The second-order valence-electron chi connectivity index (χ2n) is 5.91. The van der Waals surface area contributed by atoms with Gasteiger partial charge in [-0.1, -0.05) is 42.5 Å².